The Balaban J connectivity index is 2.13. The lowest BCUT2D eigenvalue weighted by Gasteiger charge is -2.00. The van der Waals surface area contributed by atoms with E-state index < -0.39 is 0 Å². The van der Waals surface area contributed by atoms with Gasteiger partial charge in [-0.2, -0.15) is 0 Å². The van der Waals surface area contributed by atoms with Gasteiger partial charge in [0.2, 0.25) is 0 Å². The second kappa shape index (κ2) is 7.89. The van der Waals surface area contributed by atoms with E-state index in [0.29, 0.717) is 13.2 Å². The summed E-state index contributed by atoms with van der Waals surface area (Å²) in [6.45, 7) is 5.57. The molecule has 0 spiro atoms. The van der Waals surface area contributed by atoms with Crippen molar-refractivity contribution in [3.63, 3.8) is 0 Å². The summed E-state index contributed by atoms with van der Waals surface area (Å²) >= 11 is 0. The maximum absolute atomic E-state index is 5.53. The summed E-state index contributed by atoms with van der Waals surface area (Å²) < 4.78 is 5.53. The van der Waals surface area contributed by atoms with Crippen LogP contribution in [-0.2, 0) is 11.3 Å². The molecular formula is C15H20O. The van der Waals surface area contributed by atoms with Gasteiger partial charge in [-0.05, 0) is 25.8 Å². The summed E-state index contributed by atoms with van der Waals surface area (Å²) in [5, 5.41) is 0. The standard InChI is InChI=1S/C15H20O/c1-3-14(2)9-7-8-12-16-13-15-10-5-4-6-11-15/h3-8,10-11H,9,12-13H2,1-2H3/b8-7+,14-3-. The van der Waals surface area contributed by atoms with Crippen LogP contribution in [0.5, 0.6) is 0 Å². The zero-order chi connectivity index (χ0) is 11.6. The van der Waals surface area contributed by atoms with Crippen LogP contribution in [0.15, 0.2) is 54.1 Å². The highest BCUT2D eigenvalue weighted by molar-refractivity contribution is 5.13. The molecule has 0 aliphatic carbocycles. The molecule has 0 N–H and O–H groups in total. The summed E-state index contributed by atoms with van der Waals surface area (Å²) in [5.74, 6) is 0. The SMILES string of the molecule is C/C=C(/C)C/C=C/COCc1ccccc1. The second-order valence-corrected chi connectivity index (χ2v) is 3.81. The van der Waals surface area contributed by atoms with Crippen molar-refractivity contribution in [2.75, 3.05) is 6.61 Å². The van der Waals surface area contributed by atoms with Gasteiger partial charge in [0.05, 0.1) is 13.2 Å². The quantitative estimate of drug-likeness (QED) is 0.513. The molecule has 1 rings (SSSR count). The van der Waals surface area contributed by atoms with Crippen LogP contribution in [0.4, 0.5) is 0 Å². The smallest absolute Gasteiger partial charge is 0.0721 e. The van der Waals surface area contributed by atoms with Crippen LogP contribution in [0.3, 0.4) is 0 Å². The number of ether oxygens (including phenoxy) is 1. The fourth-order valence-electron chi connectivity index (χ4n) is 1.27. The van der Waals surface area contributed by atoms with Gasteiger partial charge in [0, 0.05) is 0 Å². The third-order valence-electron chi connectivity index (χ3n) is 2.42. The molecule has 0 fully saturated rings. The number of hydrogen-bond acceptors (Lipinski definition) is 1. The Morgan fingerprint density at radius 3 is 2.62 bits per heavy atom. The predicted octanol–water partition coefficient (Wildman–Crippen LogP) is 4.12. The van der Waals surface area contributed by atoms with Gasteiger partial charge in [0.1, 0.15) is 0 Å². The Labute approximate surface area is 98.5 Å². The van der Waals surface area contributed by atoms with Gasteiger partial charge in [0.25, 0.3) is 0 Å². The summed E-state index contributed by atoms with van der Waals surface area (Å²) in [6.07, 6.45) is 7.39. The van der Waals surface area contributed by atoms with Crippen molar-refractivity contribution in [2.45, 2.75) is 26.9 Å². The van der Waals surface area contributed by atoms with Gasteiger partial charge in [-0.15, -0.1) is 0 Å². The fourth-order valence-corrected chi connectivity index (χ4v) is 1.27. The van der Waals surface area contributed by atoms with Crippen molar-refractivity contribution in [3.05, 3.63) is 59.7 Å². The maximum atomic E-state index is 5.53. The van der Waals surface area contributed by atoms with E-state index in [1.165, 1.54) is 11.1 Å². The van der Waals surface area contributed by atoms with Crippen LogP contribution >= 0.6 is 0 Å². The molecule has 16 heavy (non-hydrogen) atoms. The van der Waals surface area contributed by atoms with Gasteiger partial charge < -0.3 is 4.74 Å². The minimum Gasteiger partial charge on any atom is -0.373 e. The molecule has 1 nitrogen and oxygen atoms in total. The van der Waals surface area contributed by atoms with E-state index in [9.17, 15) is 0 Å². The third kappa shape index (κ3) is 5.52. The summed E-state index contributed by atoms with van der Waals surface area (Å²) in [7, 11) is 0. The lowest BCUT2D eigenvalue weighted by atomic mass is 10.2. The average Bonchev–Trinajstić information content (AvgIpc) is 2.34. The number of benzene rings is 1. The molecule has 0 heterocycles. The fraction of sp³-hybridized carbons (Fsp3) is 0.333. The van der Waals surface area contributed by atoms with Gasteiger partial charge >= 0.3 is 0 Å². The number of rotatable bonds is 6. The molecule has 0 saturated carbocycles. The minimum absolute atomic E-state index is 0.686. The maximum Gasteiger partial charge on any atom is 0.0721 e. The first kappa shape index (κ1) is 12.7. The first-order valence-electron chi connectivity index (χ1n) is 5.71. The summed E-state index contributed by atoms with van der Waals surface area (Å²) in [4.78, 5) is 0. The van der Waals surface area contributed by atoms with E-state index in [4.69, 9.17) is 4.74 Å². The van der Waals surface area contributed by atoms with Gasteiger partial charge in [0.15, 0.2) is 0 Å². The summed E-state index contributed by atoms with van der Waals surface area (Å²) in [6, 6.07) is 10.2. The topological polar surface area (TPSA) is 9.23 Å². The molecule has 1 aromatic carbocycles. The van der Waals surface area contributed by atoms with Crippen molar-refractivity contribution >= 4 is 0 Å². The van der Waals surface area contributed by atoms with Crippen molar-refractivity contribution in [2.24, 2.45) is 0 Å². The lowest BCUT2D eigenvalue weighted by Crippen LogP contribution is -1.92. The Kier molecular flexibility index (Phi) is 6.28. The highest BCUT2D eigenvalue weighted by atomic mass is 16.5. The molecule has 0 aromatic heterocycles. The van der Waals surface area contributed by atoms with Gasteiger partial charge in [-0.1, -0.05) is 54.1 Å². The van der Waals surface area contributed by atoms with Crippen LogP contribution in [0.2, 0.25) is 0 Å². The Morgan fingerprint density at radius 1 is 1.19 bits per heavy atom. The molecule has 86 valence electrons. The third-order valence-corrected chi connectivity index (χ3v) is 2.42. The van der Waals surface area contributed by atoms with Crippen molar-refractivity contribution < 1.29 is 4.74 Å². The molecule has 1 aromatic rings. The van der Waals surface area contributed by atoms with Crippen LogP contribution in [0.25, 0.3) is 0 Å². The number of allylic oxidation sites excluding steroid dienone is 3. The average molecular weight is 216 g/mol. The van der Waals surface area contributed by atoms with Crippen LogP contribution < -0.4 is 0 Å². The van der Waals surface area contributed by atoms with Crippen molar-refractivity contribution in [1.82, 2.24) is 0 Å². The normalized spacial score (nSPS) is 12.2. The van der Waals surface area contributed by atoms with E-state index in [2.05, 4.69) is 44.2 Å². The molecule has 1 heteroatoms. The van der Waals surface area contributed by atoms with Crippen LogP contribution in [-0.4, -0.2) is 6.61 Å². The molecular weight excluding hydrogens is 196 g/mol. The predicted molar refractivity (Wildman–Crippen MR) is 69.3 cm³/mol. The highest BCUT2D eigenvalue weighted by Crippen LogP contribution is 2.02. The molecule has 0 aliphatic rings. The zero-order valence-electron chi connectivity index (χ0n) is 10.1. The molecule has 0 atom stereocenters. The monoisotopic (exact) mass is 216 g/mol. The molecule has 0 saturated heterocycles. The van der Waals surface area contributed by atoms with Crippen LogP contribution in [0, 0.1) is 0 Å². The van der Waals surface area contributed by atoms with Crippen molar-refractivity contribution in [1.29, 1.82) is 0 Å². The Morgan fingerprint density at radius 2 is 1.94 bits per heavy atom. The van der Waals surface area contributed by atoms with E-state index in [1.54, 1.807) is 0 Å². The Bertz CT molecular complexity index is 336. The molecule has 0 radical (unpaired) electrons. The second-order valence-electron chi connectivity index (χ2n) is 3.81. The number of hydrogen-bond donors (Lipinski definition) is 0. The zero-order valence-corrected chi connectivity index (χ0v) is 10.1. The summed E-state index contributed by atoms with van der Waals surface area (Å²) in [5.41, 5.74) is 2.61. The van der Waals surface area contributed by atoms with Gasteiger partial charge in [-0.25, -0.2) is 0 Å². The highest BCUT2D eigenvalue weighted by Gasteiger charge is 1.89. The van der Waals surface area contributed by atoms with E-state index in [-0.39, 0.29) is 0 Å². The van der Waals surface area contributed by atoms with Crippen LogP contribution in [0.1, 0.15) is 25.8 Å². The minimum atomic E-state index is 0.686. The largest absolute Gasteiger partial charge is 0.373 e. The first-order chi connectivity index (χ1) is 7.83. The van der Waals surface area contributed by atoms with E-state index >= 15 is 0 Å². The lowest BCUT2D eigenvalue weighted by molar-refractivity contribution is 0.148. The first-order valence-corrected chi connectivity index (χ1v) is 5.71. The molecule has 0 unspecified atom stereocenters. The van der Waals surface area contributed by atoms with Crippen molar-refractivity contribution in [3.8, 4) is 0 Å². The van der Waals surface area contributed by atoms with E-state index in [0.717, 1.165) is 6.42 Å². The van der Waals surface area contributed by atoms with Gasteiger partial charge in [-0.3, -0.25) is 0 Å². The Hall–Kier alpha value is -1.34. The molecule has 0 aliphatic heterocycles. The van der Waals surface area contributed by atoms with E-state index in [1.807, 2.05) is 18.2 Å². The molecule has 0 amide bonds. The molecule has 0 bridgehead atoms.